The van der Waals surface area contributed by atoms with Crippen LogP contribution in [0, 0.1) is 0 Å². The molecule has 0 aliphatic rings. The van der Waals surface area contributed by atoms with E-state index in [1.54, 1.807) is 19.0 Å². The Hall–Kier alpha value is -1.29. The maximum atomic E-state index is 10.8. The molecule has 1 aromatic heterocycles. The summed E-state index contributed by atoms with van der Waals surface area (Å²) in [5.41, 5.74) is 0.696. The van der Waals surface area contributed by atoms with E-state index in [9.17, 15) is 4.79 Å². The second-order valence-corrected chi connectivity index (χ2v) is 3.11. The van der Waals surface area contributed by atoms with Gasteiger partial charge in [-0.05, 0) is 6.07 Å². The Labute approximate surface area is 80.8 Å². The summed E-state index contributed by atoms with van der Waals surface area (Å²) in [5, 5.41) is 9.01. The quantitative estimate of drug-likeness (QED) is 0.736. The summed E-state index contributed by atoms with van der Waals surface area (Å²) in [6, 6.07) is 1.33. The highest BCUT2D eigenvalue weighted by Crippen LogP contribution is 2.19. The number of rotatable bonds is 2. The van der Waals surface area contributed by atoms with Gasteiger partial charge in [-0.3, -0.25) is 0 Å². The summed E-state index contributed by atoms with van der Waals surface area (Å²) in [4.78, 5) is 16.2. The highest BCUT2D eigenvalue weighted by atomic mass is 35.5. The topological polar surface area (TPSA) is 53.4 Å². The first-order valence-electron chi connectivity index (χ1n) is 3.58. The molecule has 4 nitrogen and oxygen atoms in total. The summed E-state index contributed by atoms with van der Waals surface area (Å²) < 4.78 is 0. The monoisotopic (exact) mass is 200 g/mol. The molecule has 0 radical (unpaired) electrons. The van der Waals surface area contributed by atoms with Gasteiger partial charge >= 0.3 is 5.97 Å². The Kier molecular flexibility index (Phi) is 2.72. The fraction of sp³-hybridized carbons (Fsp3) is 0.250. The molecule has 0 amide bonds. The first-order chi connectivity index (χ1) is 6.02. The summed E-state index contributed by atoms with van der Waals surface area (Å²) >= 11 is 5.57. The van der Waals surface area contributed by atoms with Gasteiger partial charge in [-0.2, -0.15) is 0 Å². The zero-order chi connectivity index (χ0) is 10.0. The van der Waals surface area contributed by atoms with E-state index < -0.39 is 5.97 Å². The molecule has 0 saturated heterocycles. The molecule has 5 heteroatoms. The van der Waals surface area contributed by atoms with E-state index in [2.05, 4.69) is 4.98 Å². The van der Waals surface area contributed by atoms with Crippen LogP contribution in [0.25, 0.3) is 0 Å². The van der Waals surface area contributed by atoms with Crippen LogP contribution in [0.5, 0.6) is 0 Å². The molecule has 0 bridgehead atoms. The lowest BCUT2D eigenvalue weighted by Crippen LogP contribution is -2.14. The van der Waals surface area contributed by atoms with Crippen molar-refractivity contribution in [3.8, 4) is 0 Å². The summed E-state index contributed by atoms with van der Waals surface area (Å²) in [6.45, 7) is 0. The number of aromatic carboxylic acids is 1. The van der Waals surface area contributed by atoms with Crippen molar-refractivity contribution in [2.45, 2.75) is 0 Å². The number of carboxylic acids is 1. The molecular weight excluding hydrogens is 192 g/mol. The average Bonchev–Trinajstić information content (AvgIpc) is 2.03. The van der Waals surface area contributed by atoms with Crippen molar-refractivity contribution in [1.82, 2.24) is 4.98 Å². The van der Waals surface area contributed by atoms with Crippen molar-refractivity contribution in [3.63, 3.8) is 0 Å². The Bertz CT molecular complexity index is 339. The first-order valence-corrected chi connectivity index (χ1v) is 3.96. The lowest BCUT2D eigenvalue weighted by Gasteiger charge is -2.14. The van der Waals surface area contributed by atoms with Crippen LogP contribution in [0.4, 0.5) is 5.69 Å². The SMILES string of the molecule is CN(C)c1cnc(Cl)cc1C(=O)O. The number of hydrogen-bond donors (Lipinski definition) is 1. The van der Waals surface area contributed by atoms with Gasteiger partial charge in [0.05, 0.1) is 17.4 Å². The maximum Gasteiger partial charge on any atom is 0.337 e. The molecule has 0 spiro atoms. The largest absolute Gasteiger partial charge is 0.478 e. The van der Waals surface area contributed by atoms with E-state index >= 15 is 0 Å². The lowest BCUT2D eigenvalue weighted by atomic mass is 10.2. The van der Waals surface area contributed by atoms with Gasteiger partial charge in [-0.25, -0.2) is 9.78 Å². The van der Waals surface area contributed by atoms with Crippen molar-refractivity contribution < 1.29 is 9.90 Å². The van der Waals surface area contributed by atoms with Crippen LogP contribution >= 0.6 is 11.6 Å². The molecular formula is C8H9ClN2O2. The van der Waals surface area contributed by atoms with Crippen LogP contribution in [0.2, 0.25) is 5.15 Å². The van der Waals surface area contributed by atoms with Gasteiger partial charge in [0, 0.05) is 14.1 Å². The van der Waals surface area contributed by atoms with Crippen molar-refractivity contribution in [1.29, 1.82) is 0 Å². The van der Waals surface area contributed by atoms with E-state index in [0.29, 0.717) is 5.69 Å². The molecule has 0 aliphatic carbocycles. The third kappa shape index (κ3) is 2.09. The van der Waals surface area contributed by atoms with Gasteiger partial charge in [0.25, 0.3) is 0 Å². The number of halogens is 1. The summed E-state index contributed by atoms with van der Waals surface area (Å²) in [6.07, 6.45) is 1.44. The van der Waals surface area contributed by atoms with Crippen LogP contribution in [-0.4, -0.2) is 30.2 Å². The second-order valence-electron chi connectivity index (χ2n) is 2.72. The first kappa shape index (κ1) is 9.80. The molecule has 0 saturated carbocycles. The van der Waals surface area contributed by atoms with Gasteiger partial charge < -0.3 is 10.0 Å². The Morgan fingerprint density at radius 2 is 2.23 bits per heavy atom. The van der Waals surface area contributed by atoms with Crippen molar-refractivity contribution in [2.24, 2.45) is 0 Å². The average molecular weight is 201 g/mol. The van der Waals surface area contributed by atoms with Crippen LogP contribution in [-0.2, 0) is 0 Å². The summed E-state index contributed by atoms with van der Waals surface area (Å²) in [5.74, 6) is -1.01. The van der Waals surface area contributed by atoms with Crippen LogP contribution in [0.1, 0.15) is 10.4 Å². The third-order valence-corrected chi connectivity index (χ3v) is 1.77. The molecule has 0 aliphatic heterocycles. The van der Waals surface area contributed by atoms with Gasteiger partial charge in [0.15, 0.2) is 0 Å². The normalized spacial score (nSPS) is 9.77. The maximum absolute atomic E-state index is 10.8. The Balaban J connectivity index is 3.27. The Morgan fingerprint density at radius 1 is 1.62 bits per heavy atom. The lowest BCUT2D eigenvalue weighted by molar-refractivity contribution is 0.0697. The minimum absolute atomic E-state index is 0.157. The van der Waals surface area contributed by atoms with Crippen LogP contribution in [0.3, 0.4) is 0 Å². The third-order valence-electron chi connectivity index (χ3n) is 1.56. The molecule has 1 rings (SSSR count). The number of hydrogen-bond acceptors (Lipinski definition) is 3. The van der Waals surface area contributed by atoms with Gasteiger partial charge in [-0.1, -0.05) is 11.6 Å². The molecule has 0 unspecified atom stereocenters. The van der Waals surface area contributed by atoms with E-state index in [0.717, 1.165) is 0 Å². The smallest absolute Gasteiger partial charge is 0.337 e. The minimum atomic E-state index is -1.01. The highest BCUT2D eigenvalue weighted by Gasteiger charge is 2.12. The fourth-order valence-corrected chi connectivity index (χ4v) is 1.11. The molecule has 1 aromatic rings. The van der Waals surface area contributed by atoms with E-state index in [1.165, 1.54) is 12.3 Å². The molecule has 0 fully saturated rings. The molecule has 1 N–H and O–H groups in total. The number of anilines is 1. The van der Waals surface area contributed by atoms with Crippen LogP contribution in [0.15, 0.2) is 12.3 Å². The van der Waals surface area contributed by atoms with E-state index in [-0.39, 0.29) is 10.7 Å². The zero-order valence-electron chi connectivity index (χ0n) is 7.28. The summed E-state index contributed by atoms with van der Waals surface area (Å²) in [7, 11) is 3.49. The van der Waals surface area contributed by atoms with Crippen molar-refractivity contribution >= 4 is 23.3 Å². The second kappa shape index (κ2) is 3.62. The van der Waals surface area contributed by atoms with E-state index in [1.807, 2.05) is 0 Å². The fourth-order valence-electron chi connectivity index (χ4n) is 0.950. The minimum Gasteiger partial charge on any atom is -0.478 e. The molecule has 0 aromatic carbocycles. The molecule has 0 atom stereocenters. The van der Waals surface area contributed by atoms with Crippen LogP contribution < -0.4 is 4.90 Å². The highest BCUT2D eigenvalue weighted by molar-refractivity contribution is 6.29. The number of carboxylic acid groups (broad SMARTS) is 1. The van der Waals surface area contributed by atoms with Gasteiger partial charge in [0.1, 0.15) is 5.15 Å². The van der Waals surface area contributed by atoms with E-state index in [4.69, 9.17) is 16.7 Å². The number of aromatic nitrogens is 1. The zero-order valence-corrected chi connectivity index (χ0v) is 8.04. The predicted molar refractivity (Wildman–Crippen MR) is 50.5 cm³/mol. The standard InChI is InChI=1S/C8H9ClN2O2/c1-11(2)6-4-10-7(9)3-5(6)8(12)13/h3-4H,1-2H3,(H,12,13). The number of carbonyl (C=O) groups is 1. The number of nitrogens with zero attached hydrogens (tertiary/aromatic N) is 2. The van der Waals surface area contributed by atoms with Gasteiger partial charge in [0.2, 0.25) is 0 Å². The molecule has 1 heterocycles. The Morgan fingerprint density at radius 3 is 2.69 bits per heavy atom. The van der Waals surface area contributed by atoms with Gasteiger partial charge in [-0.15, -0.1) is 0 Å². The van der Waals surface area contributed by atoms with Crippen molar-refractivity contribution in [2.75, 3.05) is 19.0 Å². The predicted octanol–water partition coefficient (Wildman–Crippen LogP) is 1.50. The molecule has 70 valence electrons. The van der Waals surface area contributed by atoms with Crippen molar-refractivity contribution in [3.05, 3.63) is 23.0 Å². The number of pyridine rings is 1. The molecule has 13 heavy (non-hydrogen) atoms.